The number of hydrogen-bond donors (Lipinski definition) is 1. The normalized spacial score (nSPS) is 11.4. The average Bonchev–Trinajstić information content (AvgIpc) is 2.92. The van der Waals surface area contributed by atoms with Crippen molar-refractivity contribution in [1.29, 1.82) is 0 Å². The van der Waals surface area contributed by atoms with E-state index in [1.54, 1.807) is 0 Å². The number of halogens is 1. The summed E-state index contributed by atoms with van der Waals surface area (Å²) in [5.41, 5.74) is 3.82. The molecule has 1 N–H and O–H groups in total. The van der Waals surface area contributed by atoms with Gasteiger partial charge in [0.25, 0.3) is 0 Å². The van der Waals surface area contributed by atoms with E-state index in [0.29, 0.717) is 11.6 Å². The van der Waals surface area contributed by atoms with Crippen LogP contribution >= 0.6 is 11.6 Å². The van der Waals surface area contributed by atoms with Crippen molar-refractivity contribution in [2.75, 3.05) is 0 Å². The van der Waals surface area contributed by atoms with E-state index in [1.165, 1.54) is 0 Å². The van der Waals surface area contributed by atoms with Gasteiger partial charge in [0.15, 0.2) is 0 Å². The Morgan fingerprint density at radius 3 is 2.70 bits per heavy atom. The first-order valence-electron chi connectivity index (χ1n) is 6.47. The van der Waals surface area contributed by atoms with Gasteiger partial charge in [-0.15, -0.1) is 0 Å². The molecule has 0 bridgehead atoms. The molecule has 2 heterocycles. The number of aryl methyl sites for hydroxylation is 2. The molecular weight excluding hydrogens is 274 g/mol. The zero-order valence-electron chi connectivity index (χ0n) is 11.5. The lowest BCUT2D eigenvalue weighted by Crippen LogP contribution is -2.05. The monoisotopic (exact) mass is 289 g/mol. The average molecular weight is 290 g/mol. The van der Waals surface area contributed by atoms with E-state index in [9.17, 15) is 5.11 Å². The van der Waals surface area contributed by atoms with Crippen molar-refractivity contribution in [3.8, 4) is 0 Å². The Bertz CT molecular complexity index is 773. The van der Waals surface area contributed by atoms with Gasteiger partial charge in [-0.05, 0) is 13.0 Å². The first-order chi connectivity index (χ1) is 9.61. The first-order valence-corrected chi connectivity index (χ1v) is 6.85. The molecule has 0 radical (unpaired) electrons. The van der Waals surface area contributed by atoms with Gasteiger partial charge in [0.1, 0.15) is 0 Å². The van der Waals surface area contributed by atoms with Crippen molar-refractivity contribution in [3.05, 3.63) is 52.4 Å². The Labute approximate surface area is 122 Å². The van der Waals surface area contributed by atoms with Gasteiger partial charge in [-0.3, -0.25) is 4.68 Å². The second-order valence-electron chi connectivity index (χ2n) is 4.93. The lowest BCUT2D eigenvalue weighted by Gasteiger charge is -2.06. The molecule has 5 heteroatoms. The Morgan fingerprint density at radius 2 is 2.05 bits per heavy atom. The molecule has 0 saturated heterocycles. The molecule has 0 aliphatic heterocycles. The van der Waals surface area contributed by atoms with E-state index in [1.807, 2.05) is 49.1 Å². The number of aromatic nitrogens is 3. The standard InChI is InChI=1S/C15H16ClN3O/c1-10-15(16)14(18(2)17-10)8-19-7-11(9-20)12-5-3-4-6-13(12)19/h3-7,20H,8-9H2,1-2H3. The topological polar surface area (TPSA) is 43.0 Å². The maximum absolute atomic E-state index is 9.47. The zero-order chi connectivity index (χ0) is 14.3. The summed E-state index contributed by atoms with van der Waals surface area (Å²) in [7, 11) is 1.90. The number of aliphatic hydroxyl groups is 1. The Kier molecular flexibility index (Phi) is 3.28. The fourth-order valence-corrected chi connectivity index (χ4v) is 2.81. The smallest absolute Gasteiger partial charge is 0.0865 e. The van der Waals surface area contributed by atoms with Crippen molar-refractivity contribution in [2.24, 2.45) is 7.05 Å². The Balaban J connectivity index is 2.11. The van der Waals surface area contributed by atoms with Gasteiger partial charge in [-0.1, -0.05) is 29.8 Å². The molecule has 4 nitrogen and oxygen atoms in total. The summed E-state index contributed by atoms with van der Waals surface area (Å²) in [5, 5.41) is 15.6. The molecule has 3 rings (SSSR count). The van der Waals surface area contributed by atoms with E-state index in [-0.39, 0.29) is 6.61 Å². The Hall–Kier alpha value is -1.78. The van der Waals surface area contributed by atoms with Crippen molar-refractivity contribution in [2.45, 2.75) is 20.1 Å². The van der Waals surface area contributed by atoms with Crippen LogP contribution in [0, 0.1) is 6.92 Å². The number of fused-ring (bicyclic) bond motifs is 1. The van der Waals surface area contributed by atoms with Crippen LogP contribution in [0.25, 0.3) is 10.9 Å². The highest BCUT2D eigenvalue weighted by Crippen LogP contribution is 2.25. The molecule has 0 aliphatic rings. The SMILES string of the molecule is Cc1nn(C)c(Cn2cc(CO)c3ccccc32)c1Cl. The van der Waals surface area contributed by atoms with E-state index in [4.69, 9.17) is 11.6 Å². The minimum atomic E-state index is 0.0334. The number of nitrogens with zero attached hydrogens (tertiary/aromatic N) is 3. The minimum Gasteiger partial charge on any atom is -0.392 e. The number of benzene rings is 1. The summed E-state index contributed by atoms with van der Waals surface area (Å²) >= 11 is 6.31. The number of hydrogen-bond acceptors (Lipinski definition) is 2. The van der Waals surface area contributed by atoms with Crippen molar-refractivity contribution in [1.82, 2.24) is 14.3 Å². The van der Waals surface area contributed by atoms with Crippen LogP contribution in [0.1, 0.15) is 17.0 Å². The first kappa shape index (κ1) is 13.2. The van der Waals surface area contributed by atoms with Crippen LogP contribution in [0.15, 0.2) is 30.5 Å². The third kappa shape index (κ3) is 2.01. The van der Waals surface area contributed by atoms with Gasteiger partial charge in [0.2, 0.25) is 0 Å². The van der Waals surface area contributed by atoms with Crippen LogP contribution in [0.4, 0.5) is 0 Å². The zero-order valence-corrected chi connectivity index (χ0v) is 12.2. The van der Waals surface area contributed by atoms with E-state index in [2.05, 4.69) is 9.67 Å². The maximum Gasteiger partial charge on any atom is 0.0865 e. The van der Waals surface area contributed by atoms with E-state index >= 15 is 0 Å². The summed E-state index contributed by atoms with van der Waals surface area (Å²) < 4.78 is 3.91. The second kappa shape index (κ2) is 4.96. The molecule has 0 spiro atoms. The molecule has 20 heavy (non-hydrogen) atoms. The van der Waals surface area contributed by atoms with Crippen LogP contribution < -0.4 is 0 Å². The van der Waals surface area contributed by atoms with E-state index in [0.717, 1.165) is 27.9 Å². The van der Waals surface area contributed by atoms with Crippen LogP contribution in [-0.2, 0) is 20.2 Å². The summed E-state index contributed by atoms with van der Waals surface area (Å²) in [5.74, 6) is 0. The van der Waals surface area contributed by atoms with Gasteiger partial charge < -0.3 is 9.67 Å². The van der Waals surface area contributed by atoms with Gasteiger partial charge in [0.05, 0.1) is 29.6 Å². The third-order valence-electron chi connectivity index (χ3n) is 3.62. The predicted molar refractivity (Wildman–Crippen MR) is 79.9 cm³/mol. The largest absolute Gasteiger partial charge is 0.392 e. The molecule has 1 aromatic carbocycles. The summed E-state index contributed by atoms with van der Waals surface area (Å²) in [6, 6.07) is 8.04. The molecule has 0 atom stereocenters. The quantitative estimate of drug-likeness (QED) is 0.806. The molecule has 0 aliphatic carbocycles. The molecule has 2 aromatic heterocycles. The van der Waals surface area contributed by atoms with Crippen molar-refractivity contribution in [3.63, 3.8) is 0 Å². The number of aliphatic hydroxyl groups excluding tert-OH is 1. The summed E-state index contributed by atoms with van der Waals surface area (Å²) in [6.07, 6.45) is 1.98. The van der Waals surface area contributed by atoms with Crippen LogP contribution in [0.5, 0.6) is 0 Å². The van der Waals surface area contributed by atoms with Crippen molar-refractivity contribution >= 4 is 22.5 Å². The molecule has 0 saturated carbocycles. The summed E-state index contributed by atoms with van der Waals surface area (Å²) in [4.78, 5) is 0. The molecule has 3 aromatic rings. The molecular formula is C15H16ClN3O. The van der Waals surface area contributed by atoms with Gasteiger partial charge in [0, 0.05) is 29.7 Å². The van der Waals surface area contributed by atoms with Crippen LogP contribution in [0.3, 0.4) is 0 Å². The maximum atomic E-state index is 9.47. The number of para-hydroxylation sites is 1. The van der Waals surface area contributed by atoms with Gasteiger partial charge in [-0.25, -0.2) is 0 Å². The highest BCUT2D eigenvalue weighted by molar-refractivity contribution is 6.31. The van der Waals surface area contributed by atoms with E-state index < -0.39 is 0 Å². The fourth-order valence-electron chi connectivity index (χ4n) is 2.59. The molecule has 0 unspecified atom stereocenters. The summed E-state index contributed by atoms with van der Waals surface area (Å²) in [6.45, 7) is 2.57. The van der Waals surface area contributed by atoms with Crippen molar-refractivity contribution < 1.29 is 5.11 Å². The van der Waals surface area contributed by atoms with Gasteiger partial charge in [-0.2, -0.15) is 5.10 Å². The predicted octanol–water partition coefficient (Wildman–Crippen LogP) is 2.88. The highest BCUT2D eigenvalue weighted by Gasteiger charge is 2.14. The molecule has 0 amide bonds. The van der Waals surface area contributed by atoms with Crippen LogP contribution in [-0.4, -0.2) is 19.5 Å². The number of rotatable bonds is 3. The Morgan fingerprint density at radius 1 is 1.30 bits per heavy atom. The minimum absolute atomic E-state index is 0.0334. The molecule has 0 fully saturated rings. The van der Waals surface area contributed by atoms with Crippen LogP contribution in [0.2, 0.25) is 5.02 Å². The molecule has 104 valence electrons. The fraction of sp³-hybridized carbons (Fsp3) is 0.267. The van der Waals surface area contributed by atoms with Gasteiger partial charge >= 0.3 is 0 Å². The second-order valence-corrected chi connectivity index (χ2v) is 5.31. The lowest BCUT2D eigenvalue weighted by atomic mass is 10.2. The highest BCUT2D eigenvalue weighted by atomic mass is 35.5. The third-order valence-corrected chi connectivity index (χ3v) is 4.11. The lowest BCUT2D eigenvalue weighted by molar-refractivity contribution is 0.283.